The van der Waals surface area contributed by atoms with Crippen molar-refractivity contribution >= 4 is 18.0 Å². The molecule has 3 rings (SSSR count). The lowest BCUT2D eigenvalue weighted by atomic mass is 10.1. The van der Waals surface area contributed by atoms with Gasteiger partial charge in [0.05, 0.1) is 0 Å². The van der Waals surface area contributed by atoms with E-state index in [1.54, 1.807) is 0 Å². The highest BCUT2D eigenvalue weighted by molar-refractivity contribution is 7.98. The first-order valence-electron chi connectivity index (χ1n) is 6.64. The molecule has 0 radical (unpaired) electrons. The van der Waals surface area contributed by atoms with Gasteiger partial charge in [-0.15, -0.1) is 11.8 Å². The molecule has 0 unspecified atom stereocenters. The summed E-state index contributed by atoms with van der Waals surface area (Å²) >= 11 is 1.82. The molecule has 0 N–H and O–H groups in total. The zero-order valence-corrected chi connectivity index (χ0v) is 11.6. The highest BCUT2D eigenvalue weighted by Crippen LogP contribution is 2.27. The highest BCUT2D eigenvalue weighted by atomic mass is 32.2. The topological polar surface area (TPSA) is 17.1 Å². The highest BCUT2D eigenvalue weighted by Gasteiger charge is 2.10. The van der Waals surface area contributed by atoms with Gasteiger partial charge in [-0.3, -0.25) is 4.79 Å². The van der Waals surface area contributed by atoms with E-state index in [9.17, 15) is 4.79 Å². The fourth-order valence-electron chi connectivity index (χ4n) is 2.52. The van der Waals surface area contributed by atoms with Crippen LogP contribution in [0.3, 0.4) is 0 Å². The van der Waals surface area contributed by atoms with E-state index in [2.05, 4.69) is 18.2 Å². The smallest absolute Gasteiger partial charge is 0.150 e. The van der Waals surface area contributed by atoms with Gasteiger partial charge in [0, 0.05) is 16.2 Å². The lowest BCUT2D eigenvalue weighted by molar-refractivity contribution is 0.112. The Morgan fingerprint density at radius 1 is 1.00 bits per heavy atom. The standard InChI is InChI=1S/C17H16OS/c18-11-13-5-8-17(9-6-13)19-12-14-4-7-15-2-1-3-16(15)10-14/h4-11H,1-3,12H2. The van der Waals surface area contributed by atoms with Crippen molar-refractivity contribution in [2.24, 2.45) is 0 Å². The van der Waals surface area contributed by atoms with Crippen LogP contribution in [-0.4, -0.2) is 6.29 Å². The van der Waals surface area contributed by atoms with E-state index in [0.717, 1.165) is 17.6 Å². The number of aryl methyl sites for hydroxylation is 2. The van der Waals surface area contributed by atoms with Crippen molar-refractivity contribution in [3.05, 3.63) is 64.7 Å². The SMILES string of the molecule is O=Cc1ccc(SCc2ccc3c(c2)CCC3)cc1. The first-order valence-corrected chi connectivity index (χ1v) is 7.62. The van der Waals surface area contributed by atoms with E-state index in [0.29, 0.717) is 0 Å². The molecule has 0 aliphatic heterocycles. The molecule has 0 atom stereocenters. The number of rotatable bonds is 4. The lowest BCUT2D eigenvalue weighted by Crippen LogP contribution is -1.87. The number of benzene rings is 2. The molecule has 1 nitrogen and oxygen atoms in total. The van der Waals surface area contributed by atoms with Crippen LogP contribution in [0.1, 0.15) is 33.5 Å². The van der Waals surface area contributed by atoms with Crippen LogP contribution >= 0.6 is 11.8 Å². The minimum atomic E-state index is 0.738. The monoisotopic (exact) mass is 268 g/mol. The van der Waals surface area contributed by atoms with Crippen LogP contribution in [0, 0.1) is 0 Å². The molecule has 2 aromatic rings. The first kappa shape index (κ1) is 12.5. The Kier molecular flexibility index (Phi) is 3.69. The van der Waals surface area contributed by atoms with Gasteiger partial charge in [0.15, 0.2) is 0 Å². The summed E-state index contributed by atoms with van der Waals surface area (Å²) in [5, 5.41) is 0. The second kappa shape index (κ2) is 5.62. The molecule has 0 fully saturated rings. The lowest BCUT2D eigenvalue weighted by Gasteiger charge is -2.05. The van der Waals surface area contributed by atoms with Crippen LogP contribution in [0.15, 0.2) is 47.4 Å². The average molecular weight is 268 g/mol. The summed E-state index contributed by atoms with van der Waals surface area (Å²) in [6.45, 7) is 0. The van der Waals surface area contributed by atoms with Gasteiger partial charge < -0.3 is 0 Å². The number of carbonyl (C=O) groups is 1. The molecule has 2 heteroatoms. The summed E-state index contributed by atoms with van der Waals surface area (Å²) in [4.78, 5) is 11.8. The summed E-state index contributed by atoms with van der Waals surface area (Å²) in [7, 11) is 0. The Morgan fingerprint density at radius 2 is 1.79 bits per heavy atom. The van der Waals surface area contributed by atoms with Crippen molar-refractivity contribution in [2.45, 2.75) is 29.9 Å². The van der Waals surface area contributed by atoms with Crippen LogP contribution in [0.4, 0.5) is 0 Å². The molecule has 0 spiro atoms. The number of carbonyl (C=O) groups excluding carboxylic acids is 1. The zero-order valence-electron chi connectivity index (χ0n) is 10.8. The number of hydrogen-bond acceptors (Lipinski definition) is 2. The van der Waals surface area contributed by atoms with Gasteiger partial charge in [-0.1, -0.05) is 30.3 Å². The van der Waals surface area contributed by atoms with Crippen LogP contribution in [-0.2, 0) is 18.6 Å². The molecule has 0 aromatic heterocycles. The normalized spacial score (nSPS) is 13.3. The maximum Gasteiger partial charge on any atom is 0.150 e. The summed E-state index contributed by atoms with van der Waals surface area (Å²) in [6, 6.07) is 14.7. The Bertz CT molecular complexity index is 587. The van der Waals surface area contributed by atoms with Gasteiger partial charge in [-0.25, -0.2) is 0 Å². The van der Waals surface area contributed by atoms with E-state index in [1.165, 1.54) is 40.8 Å². The van der Waals surface area contributed by atoms with Gasteiger partial charge in [0.2, 0.25) is 0 Å². The van der Waals surface area contributed by atoms with Crippen LogP contribution in [0.5, 0.6) is 0 Å². The third-order valence-corrected chi connectivity index (χ3v) is 4.67. The Labute approximate surface area is 118 Å². The van der Waals surface area contributed by atoms with E-state index in [1.807, 2.05) is 36.0 Å². The molecule has 96 valence electrons. The van der Waals surface area contributed by atoms with Crippen molar-refractivity contribution < 1.29 is 4.79 Å². The molecular weight excluding hydrogens is 252 g/mol. The third kappa shape index (κ3) is 2.90. The van der Waals surface area contributed by atoms with Crippen LogP contribution in [0.2, 0.25) is 0 Å². The maximum absolute atomic E-state index is 10.6. The average Bonchev–Trinajstić information content (AvgIpc) is 2.93. The molecule has 1 aliphatic carbocycles. The number of fused-ring (bicyclic) bond motifs is 1. The quantitative estimate of drug-likeness (QED) is 0.608. The molecule has 1 aliphatic rings. The zero-order chi connectivity index (χ0) is 13.1. The van der Waals surface area contributed by atoms with E-state index >= 15 is 0 Å². The molecule has 0 bridgehead atoms. The van der Waals surface area contributed by atoms with E-state index in [-0.39, 0.29) is 0 Å². The predicted molar refractivity (Wildman–Crippen MR) is 79.9 cm³/mol. The van der Waals surface area contributed by atoms with E-state index in [4.69, 9.17) is 0 Å². The predicted octanol–water partition coefficient (Wildman–Crippen LogP) is 4.28. The van der Waals surface area contributed by atoms with Gasteiger partial charge in [-0.05, 0) is 48.1 Å². The van der Waals surface area contributed by atoms with Gasteiger partial charge in [0.25, 0.3) is 0 Å². The van der Waals surface area contributed by atoms with Crippen molar-refractivity contribution in [2.75, 3.05) is 0 Å². The van der Waals surface area contributed by atoms with Gasteiger partial charge in [-0.2, -0.15) is 0 Å². The Morgan fingerprint density at radius 3 is 2.58 bits per heavy atom. The van der Waals surface area contributed by atoms with Crippen molar-refractivity contribution in [3.63, 3.8) is 0 Å². The molecule has 0 saturated heterocycles. The van der Waals surface area contributed by atoms with Gasteiger partial charge >= 0.3 is 0 Å². The number of thioether (sulfide) groups is 1. The molecule has 2 aromatic carbocycles. The third-order valence-electron chi connectivity index (χ3n) is 3.58. The first-order chi connectivity index (χ1) is 9.35. The largest absolute Gasteiger partial charge is 0.298 e. The van der Waals surface area contributed by atoms with Crippen molar-refractivity contribution in [1.29, 1.82) is 0 Å². The molecule has 0 heterocycles. The Hall–Kier alpha value is -1.54. The van der Waals surface area contributed by atoms with E-state index < -0.39 is 0 Å². The fourth-order valence-corrected chi connectivity index (χ4v) is 3.37. The van der Waals surface area contributed by atoms with Crippen molar-refractivity contribution in [1.82, 2.24) is 0 Å². The summed E-state index contributed by atoms with van der Waals surface area (Å²) < 4.78 is 0. The Balaban J connectivity index is 1.66. The second-order valence-corrected chi connectivity index (χ2v) is 5.98. The summed E-state index contributed by atoms with van der Waals surface area (Å²) in [6.07, 6.45) is 4.67. The summed E-state index contributed by atoms with van der Waals surface area (Å²) in [5.41, 5.74) is 5.20. The van der Waals surface area contributed by atoms with Crippen molar-refractivity contribution in [3.8, 4) is 0 Å². The van der Waals surface area contributed by atoms with Gasteiger partial charge in [0.1, 0.15) is 6.29 Å². The molecule has 19 heavy (non-hydrogen) atoms. The van der Waals surface area contributed by atoms with Crippen LogP contribution in [0.25, 0.3) is 0 Å². The fraction of sp³-hybridized carbons (Fsp3) is 0.235. The number of hydrogen-bond donors (Lipinski definition) is 0. The number of aldehydes is 1. The molecular formula is C17H16OS. The minimum Gasteiger partial charge on any atom is -0.298 e. The minimum absolute atomic E-state index is 0.738. The maximum atomic E-state index is 10.6. The summed E-state index contributed by atoms with van der Waals surface area (Å²) in [5.74, 6) is 0.994. The molecule has 0 saturated carbocycles. The second-order valence-electron chi connectivity index (χ2n) is 4.93. The van der Waals surface area contributed by atoms with Crippen LogP contribution < -0.4 is 0 Å². The molecule has 0 amide bonds.